The van der Waals surface area contributed by atoms with Gasteiger partial charge < -0.3 is 19.1 Å². The van der Waals surface area contributed by atoms with Gasteiger partial charge in [-0.1, -0.05) is 78.1 Å². The summed E-state index contributed by atoms with van der Waals surface area (Å²) in [6, 6.07) is 0. The van der Waals surface area contributed by atoms with Gasteiger partial charge in [-0.2, -0.15) is 0 Å². The smallest absolute Gasteiger partial charge is 0.308 e. The lowest BCUT2D eigenvalue weighted by molar-refractivity contribution is -0.149. The summed E-state index contributed by atoms with van der Waals surface area (Å²) in [4.78, 5) is 38.2. The fraction of sp³-hybridized carbons (Fsp3) is 0.900. The molecule has 37 heavy (non-hydrogen) atoms. The van der Waals surface area contributed by atoms with E-state index in [2.05, 4.69) is 13.8 Å². The monoisotopic (exact) mass is 527 g/mol. The van der Waals surface area contributed by atoms with Gasteiger partial charge in [-0.3, -0.25) is 14.4 Å². The first-order valence-corrected chi connectivity index (χ1v) is 15.0. The maximum atomic E-state index is 12.7. The number of hydrogen-bond donors (Lipinski definition) is 0. The molecule has 0 aromatic heterocycles. The second-order valence-electron chi connectivity index (χ2n) is 10.4. The number of carbonyl (C=O) groups is 3. The van der Waals surface area contributed by atoms with Crippen LogP contribution in [-0.2, 0) is 28.6 Å². The van der Waals surface area contributed by atoms with Crippen LogP contribution in [0.25, 0.3) is 0 Å². The molecule has 0 heterocycles. The molecule has 0 aliphatic rings. The molecule has 0 bridgehead atoms. The van der Waals surface area contributed by atoms with E-state index >= 15 is 0 Å². The van der Waals surface area contributed by atoms with Crippen molar-refractivity contribution in [2.75, 3.05) is 40.5 Å². The molecule has 0 aromatic carbocycles. The predicted octanol–water partition coefficient (Wildman–Crippen LogP) is 6.86. The summed E-state index contributed by atoms with van der Waals surface area (Å²) in [6.45, 7) is 6.15. The van der Waals surface area contributed by atoms with Gasteiger partial charge in [-0.25, -0.2) is 0 Å². The van der Waals surface area contributed by atoms with Gasteiger partial charge in [0.1, 0.15) is 0 Å². The van der Waals surface area contributed by atoms with Gasteiger partial charge in [0.2, 0.25) is 0 Å². The fourth-order valence-corrected chi connectivity index (χ4v) is 4.15. The highest BCUT2D eigenvalue weighted by Crippen LogP contribution is 2.20. The molecule has 0 aliphatic carbocycles. The summed E-state index contributed by atoms with van der Waals surface area (Å²) in [5.41, 5.74) is 0. The Morgan fingerprint density at radius 1 is 0.568 bits per heavy atom. The molecule has 7 heteroatoms. The van der Waals surface area contributed by atoms with Crippen LogP contribution in [0.3, 0.4) is 0 Å². The fourth-order valence-electron chi connectivity index (χ4n) is 4.15. The van der Waals surface area contributed by atoms with Crippen LogP contribution in [0.5, 0.6) is 0 Å². The summed E-state index contributed by atoms with van der Waals surface area (Å²) in [7, 11) is 3.94. The third-order valence-corrected chi connectivity index (χ3v) is 6.47. The molecule has 0 saturated heterocycles. The maximum absolute atomic E-state index is 12.7. The molecule has 7 nitrogen and oxygen atoms in total. The van der Waals surface area contributed by atoms with Crippen LogP contribution < -0.4 is 0 Å². The first-order chi connectivity index (χ1) is 17.9. The lowest BCUT2D eigenvalue weighted by atomic mass is 9.94. The van der Waals surface area contributed by atoms with E-state index in [0.29, 0.717) is 38.7 Å². The van der Waals surface area contributed by atoms with Gasteiger partial charge in [-0.15, -0.1) is 0 Å². The molecule has 218 valence electrons. The summed E-state index contributed by atoms with van der Waals surface area (Å²) >= 11 is 0. The highest BCUT2D eigenvalue weighted by atomic mass is 16.5. The first kappa shape index (κ1) is 35.4. The van der Waals surface area contributed by atoms with Crippen LogP contribution in [0, 0.1) is 5.92 Å². The quantitative estimate of drug-likeness (QED) is 0.0690. The molecular formula is C30H57NO6. The van der Waals surface area contributed by atoms with E-state index in [4.69, 9.17) is 14.2 Å². The van der Waals surface area contributed by atoms with Gasteiger partial charge >= 0.3 is 17.9 Å². The van der Waals surface area contributed by atoms with E-state index in [1.165, 1.54) is 51.4 Å². The van der Waals surface area contributed by atoms with Crippen molar-refractivity contribution in [1.29, 1.82) is 0 Å². The van der Waals surface area contributed by atoms with Gasteiger partial charge in [0.05, 0.1) is 25.7 Å². The Balaban J connectivity index is 3.92. The van der Waals surface area contributed by atoms with E-state index < -0.39 is 0 Å². The molecule has 0 aliphatic heterocycles. The Labute approximate surface area is 227 Å². The highest BCUT2D eigenvalue weighted by Gasteiger charge is 2.19. The molecule has 0 amide bonds. The average Bonchev–Trinajstić information content (AvgIpc) is 2.86. The average molecular weight is 528 g/mol. The van der Waals surface area contributed by atoms with Crippen molar-refractivity contribution in [2.45, 2.75) is 129 Å². The predicted molar refractivity (Wildman–Crippen MR) is 149 cm³/mol. The molecule has 0 fully saturated rings. The van der Waals surface area contributed by atoms with Gasteiger partial charge in [-0.05, 0) is 52.7 Å². The largest absolute Gasteiger partial charge is 0.466 e. The van der Waals surface area contributed by atoms with Crippen molar-refractivity contribution in [3.05, 3.63) is 0 Å². The van der Waals surface area contributed by atoms with Crippen LogP contribution in [0.2, 0.25) is 0 Å². The number of nitrogens with zero attached hydrogens (tertiary/aromatic N) is 1. The topological polar surface area (TPSA) is 82.1 Å². The molecule has 1 unspecified atom stereocenters. The molecular weight excluding hydrogens is 470 g/mol. The van der Waals surface area contributed by atoms with Crippen LogP contribution in [-0.4, -0.2) is 63.3 Å². The number of ether oxygens (including phenoxy) is 3. The second kappa shape index (κ2) is 26.0. The molecule has 0 spiro atoms. The molecule has 0 aromatic rings. The lowest BCUT2D eigenvalue weighted by Gasteiger charge is -2.16. The maximum Gasteiger partial charge on any atom is 0.308 e. The van der Waals surface area contributed by atoms with E-state index in [9.17, 15) is 14.4 Å². The molecule has 0 saturated carbocycles. The van der Waals surface area contributed by atoms with Crippen molar-refractivity contribution in [3.8, 4) is 0 Å². The number of carbonyl (C=O) groups excluding carboxylic acids is 3. The van der Waals surface area contributed by atoms with Crippen molar-refractivity contribution >= 4 is 17.9 Å². The molecule has 1 atom stereocenters. The van der Waals surface area contributed by atoms with Crippen molar-refractivity contribution in [2.24, 2.45) is 5.92 Å². The third kappa shape index (κ3) is 24.5. The Morgan fingerprint density at radius 2 is 1.05 bits per heavy atom. The zero-order valence-electron chi connectivity index (χ0n) is 24.5. The van der Waals surface area contributed by atoms with E-state index in [1.54, 1.807) is 0 Å². The number of hydrogen-bond acceptors (Lipinski definition) is 7. The third-order valence-electron chi connectivity index (χ3n) is 6.47. The summed E-state index contributed by atoms with van der Waals surface area (Å²) in [5.74, 6) is -0.530. The normalized spacial score (nSPS) is 11.9. The Kier molecular flexibility index (Phi) is 24.9. The summed E-state index contributed by atoms with van der Waals surface area (Å²) < 4.78 is 15.9. The minimum Gasteiger partial charge on any atom is -0.466 e. The summed E-state index contributed by atoms with van der Waals surface area (Å²) in [6.07, 6.45) is 17.2. The van der Waals surface area contributed by atoms with Gasteiger partial charge in [0, 0.05) is 19.3 Å². The lowest BCUT2D eigenvalue weighted by Crippen LogP contribution is -2.19. The zero-order chi connectivity index (χ0) is 27.6. The summed E-state index contributed by atoms with van der Waals surface area (Å²) in [5, 5.41) is 0. The van der Waals surface area contributed by atoms with E-state index in [-0.39, 0.29) is 37.0 Å². The zero-order valence-corrected chi connectivity index (χ0v) is 24.5. The number of rotatable bonds is 26. The number of unbranched alkanes of at least 4 members (excludes halogenated alkanes) is 9. The molecule has 0 radical (unpaired) electrons. The Hall–Kier alpha value is -1.63. The van der Waals surface area contributed by atoms with E-state index in [0.717, 1.165) is 38.6 Å². The molecule has 0 rings (SSSR count). The van der Waals surface area contributed by atoms with Gasteiger partial charge in [0.15, 0.2) is 0 Å². The van der Waals surface area contributed by atoms with Crippen LogP contribution in [0.4, 0.5) is 0 Å². The van der Waals surface area contributed by atoms with Crippen LogP contribution in [0.1, 0.15) is 129 Å². The van der Waals surface area contributed by atoms with Crippen LogP contribution >= 0.6 is 0 Å². The standard InChI is InChI=1S/C30H57NO6/c1-5-7-9-11-12-14-20-27(19-13-10-8-6-2)30(34)37-24-16-15-21-28(32)35-25-18-26-36-29(33)22-17-23-31(3)4/h27H,5-26H2,1-4H3. The second-order valence-corrected chi connectivity index (χ2v) is 10.4. The van der Waals surface area contributed by atoms with Crippen molar-refractivity contribution in [1.82, 2.24) is 4.90 Å². The SMILES string of the molecule is CCCCCCCCC(CCCCCC)C(=O)OCCCCC(=O)OCCCOC(=O)CCCN(C)C. The number of esters is 3. The van der Waals surface area contributed by atoms with Gasteiger partial charge in [0.25, 0.3) is 0 Å². The minimum atomic E-state index is -0.263. The van der Waals surface area contributed by atoms with Crippen molar-refractivity contribution < 1.29 is 28.6 Å². The van der Waals surface area contributed by atoms with Crippen molar-refractivity contribution in [3.63, 3.8) is 0 Å². The highest BCUT2D eigenvalue weighted by molar-refractivity contribution is 5.72. The van der Waals surface area contributed by atoms with Crippen LogP contribution in [0.15, 0.2) is 0 Å². The first-order valence-electron chi connectivity index (χ1n) is 15.0. The minimum absolute atomic E-state index is 0.00933. The van der Waals surface area contributed by atoms with E-state index in [1.807, 2.05) is 19.0 Å². The Morgan fingerprint density at radius 3 is 1.62 bits per heavy atom. The Bertz CT molecular complexity index is 566. The molecule has 0 N–H and O–H groups in total.